The van der Waals surface area contributed by atoms with Gasteiger partial charge in [0.25, 0.3) is 5.91 Å². The maximum Gasteiger partial charge on any atom is 0.264 e. The molecule has 2 N–H and O–H groups in total. The molecule has 1 unspecified atom stereocenters. The van der Waals surface area contributed by atoms with E-state index in [1.165, 1.54) is 11.3 Å². The first kappa shape index (κ1) is 13.1. The zero-order valence-electron chi connectivity index (χ0n) is 10.1. The molecule has 1 aromatic heterocycles. The van der Waals surface area contributed by atoms with Gasteiger partial charge in [-0.15, -0.1) is 11.3 Å². The minimum atomic E-state index is 0.0589. The molecule has 94 valence electrons. The van der Waals surface area contributed by atoms with Gasteiger partial charge in [0, 0.05) is 29.0 Å². The van der Waals surface area contributed by atoms with Gasteiger partial charge in [0.1, 0.15) is 0 Å². The van der Waals surface area contributed by atoms with Gasteiger partial charge >= 0.3 is 0 Å². The summed E-state index contributed by atoms with van der Waals surface area (Å²) in [4.78, 5) is 14.9. The van der Waals surface area contributed by atoms with Gasteiger partial charge in [-0.3, -0.25) is 4.79 Å². The highest BCUT2D eigenvalue weighted by atomic mass is 79.9. The molecule has 1 fully saturated rings. The van der Waals surface area contributed by atoms with E-state index >= 15 is 0 Å². The van der Waals surface area contributed by atoms with Gasteiger partial charge in [-0.05, 0) is 33.8 Å². The number of hydrogen-bond acceptors (Lipinski definition) is 3. The van der Waals surface area contributed by atoms with Crippen LogP contribution in [0.5, 0.6) is 0 Å². The Bertz CT molecular complexity index is 430. The van der Waals surface area contributed by atoms with Gasteiger partial charge in [-0.1, -0.05) is 13.8 Å². The van der Waals surface area contributed by atoms with Crippen LogP contribution < -0.4 is 5.73 Å². The number of likely N-dealkylation sites (tertiary alicyclic amines) is 1. The summed E-state index contributed by atoms with van der Waals surface area (Å²) >= 11 is 4.84. The monoisotopic (exact) mass is 316 g/mol. The van der Waals surface area contributed by atoms with Crippen molar-refractivity contribution in [3.8, 4) is 0 Å². The van der Waals surface area contributed by atoms with Crippen molar-refractivity contribution in [2.75, 3.05) is 13.1 Å². The number of carbonyl (C=O) groups is 1. The summed E-state index contributed by atoms with van der Waals surface area (Å²) < 4.78 is 0.965. The van der Waals surface area contributed by atoms with E-state index in [2.05, 4.69) is 29.8 Å². The Kier molecular flexibility index (Phi) is 3.61. The molecule has 0 radical (unpaired) electrons. The summed E-state index contributed by atoms with van der Waals surface area (Å²) in [5, 5.41) is 1.93. The first-order valence-corrected chi connectivity index (χ1v) is 7.36. The quantitative estimate of drug-likeness (QED) is 0.866. The van der Waals surface area contributed by atoms with Gasteiger partial charge < -0.3 is 10.6 Å². The van der Waals surface area contributed by atoms with E-state index in [0.29, 0.717) is 6.54 Å². The largest absolute Gasteiger partial charge is 0.336 e. The van der Waals surface area contributed by atoms with E-state index in [0.717, 1.165) is 22.3 Å². The van der Waals surface area contributed by atoms with Crippen LogP contribution in [0.15, 0.2) is 15.9 Å². The highest BCUT2D eigenvalue weighted by molar-refractivity contribution is 9.10. The lowest BCUT2D eigenvalue weighted by Gasteiger charge is -2.41. The third kappa shape index (κ3) is 2.72. The lowest BCUT2D eigenvalue weighted by atomic mass is 9.78. The van der Waals surface area contributed by atoms with Gasteiger partial charge in [0.2, 0.25) is 0 Å². The number of amides is 1. The Morgan fingerprint density at radius 2 is 2.35 bits per heavy atom. The number of piperidine rings is 1. The van der Waals surface area contributed by atoms with Crippen molar-refractivity contribution in [3.05, 3.63) is 20.8 Å². The highest BCUT2D eigenvalue weighted by Gasteiger charge is 2.35. The Balaban J connectivity index is 2.08. The van der Waals surface area contributed by atoms with Crippen LogP contribution in [0.1, 0.15) is 29.9 Å². The van der Waals surface area contributed by atoms with E-state index in [1.54, 1.807) is 0 Å². The predicted molar refractivity (Wildman–Crippen MR) is 74.3 cm³/mol. The summed E-state index contributed by atoms with van der Waals surface area (Å²) in [6.45, 7) is 5.79. The molecule has 0 saturated carbocycles. The Morgan fingerprint density at radius 1 is 1.65 bits per heavy atom. The van der Waals surface area contributed by atoms with Gasteiger partial charge in [0.15, 0.2) is 0 Å². The lowest BCUT2D eigenvalue weighted by molar-refractivity contribution is 0.0580. The topological polar surface area (TPSA) is 46.3 Å². The molecule has 0 bridgehead atoms. The van der Waals surface area contributed by atoms with E-state index in [-0.39, 0.29) is 17.4 Å². The number of rotatable bonds is 1. The molecule has 3 nitrogen and oxygen atoms in total. The van der Waals surface area contributed by atoms with Crippen LogP contribution in [0.25, 0.3) is 0 Å². The summed E-state index contributed by atoms with van der Waals surface area (Å²) in [6, 6.07) is 1.93. The first-order valence-electron chi connectivity index (χ1n) is 5.69. The maximum absolute atomic E-state index is 12.2. The van der Waals surface area contributed by atoms with Crippen molar-refractivity contribution >= 4 is 33.2 Å². The average Bonchev–Trinajstić information content (AvgIpc) is 2.68. The zero-order chi connectivity index (χ0) is 12.6. The van der Waals surface area contributed by atoms with Gasteiger partial charge in [-0.25, -0.2) is 0 Å². The highest BCUT2D eigenvalue weighted by Crippen LogP contribution is 2.30. The summed E-state index contributed by atoms with van der Waals surface area (Å²) in [5.41, 5.74) is 6.26. The predicted octanol–water partition coefficient (Wildman–Crippen LogP) is 2.71. The van der Waals surface area contributed by atoms with Gasteiger partial charge in [-0.2, -0.15) is 0 Å². The second kappa shape index (κ2) is 4.71. The van der Waals surface area contributed by atoms with E-state index < -0.39 is 0 Å². The molecular weight excluding hydrogens is 300 g/mol. The number of nitrogens with two attached hydrogens (primary N) is 1. The van der Waals surface area contributed by atoms with Crippen LogP contribution in [-0.2, 0) is 0 Å². The first-order chi connectivity index (χ1) is 7.90. The van der Waals surface area contributed by atoms with Crippen LogP contribution in [-0.4, -0.2) is 29.9 Å². The molecule has 2 rings (SSSR count). The number of nitrogens with zero attached hydrogens (tertiary/aromatic N) is 1. The van der Waals surface area contributed by atoms with Crippen molar-refractivity contribution < 1.29 is 4.79 Å². The van der Waals surface area contributed by atoms with Crippen LogP contribution in [0.2, 0.25) is 0 Å². The molecule has 1 aliphatic rings. The van der Waals surface area contributed by atoms with Gasteiger partial charge in [0.05, 0.1) is 4.88 Å². The molecule has 0 aromatic carbocycles. The molecule has 17 heavy (non-hydrogen) atoms. The van der Waals surface area contributed by atoms with Crippen LogP contribution in [0.4, 0.5) is 0 Å². The second-order valence-electron chi connectivity index (χ2n) is 5.23. The standard InChI is InChI=1S/C12H17BrN2OS/c1-12(2)3-4-15(6-10(12)14)11(16)9-5-8(13)7-17-9/h5,7,10H,3-4,6,14H2,1-2H3. The smallest absolute Gasteiger partial charge is 0.264 e. The fraction of sp³-hybridized carbons (Fsp3) is 0.583. The van der Waals surface area contributed by atoms with E-state index in [9.17, 15) is 4.79 Å². The molecular formula is C12H17BrN2OS. The number of halogens is 1. The van der Waals surface area contributed by atoms with E-state index in [4.69, 9.17) is 5.73 Å². The fourth-order valence-corrected chi connectivity index (χ4v) is 3.34. The normalized spacial score (nSPS) is 23.8. The van der Waals surface area contributed by atoms with E-state index in [1.807, 2.05) is 16.3 Å². The van der Waals surface area contributed by atoms with Crippen molar-refractivity contribution in [3.63, 3.8) is 0 Å². The van der Waals surface area contributed by atoms with Crippen molar-refractivity contribution in [2.45, 2.75) is 26.3 Å². The summed E-state index contributed by atoms with van der Waals surface area (Å²) in [6.07, 6.45) is 0.965. The molecule has 1 atom stereocenters. The number of hydrogen-bond donors (Lipinski definition) is 1. The molecule has 0 aliphatic carbocycles. The van der Waals surface area contributed by atoms with Crippen LogP contribution >= 0.6 is 27.3 Å². The molecule has 2 heterocycles. The third-order valence-electron chi connectivity index (χ3n) is 3.51. The summed E-state index contributed by atoms with van der Waals surface area (Å²) in [5.74, 6) is 0.103. The average molecular weight is 317 g/mol. The Morgan fingerprint density at radius 3 is 2.88 bits per heavy atom. The zero-order valence-corrected chi connectivity index (χ0v) is 12.5. The minimum Gasteiger partial charge on any atom is -0.336 e. The number of carbonyl (C=O) groups excluding carboxylic acids is 1. The van der Waals surface area contributed by atoms with Crippen LogP contribution in [0, 0.1) is 5.41 Å². The number of thiophene rings is 1. The second-order valence-corrected chi connectivity index (χ2v) is 7.05. The maximum atomic E-state index is 12.2. The SMILES string of the molecule is CC1(C)CCN(C(=O)c2cc(Br)cs2)CC1N. The molecule has 5 heteroatoms. The summed E-state index contributed by atoms with van der Waals surface area (Å²) in [7, 11) is 0. The Hall–Kier alpha value is -0.390. The molecule has 1 aliphatic heterocycles. The Labute approximate surface area is 114 Å². The van der Waals surface area contributed by atoms with Crippen molar-refractivity contribution in [2.24, 2.45) is 11.1 Å². The molecule has 0 spiro atoms. The molecule has 1 aromatic rings. The van der Waals surface area contributed by atoms with Crippen LogP contribution in [0.3, 0.4) is 0 Å². The fourth-order valence-electron chi connectivity index (χ4n) is 1.95. The molecule has 1 amide bonds. The lowest BCUT2D eigenvalue weighted by Crippen LogP contribution is -2.54. The van der Waals surface area contributed by atoms with Crippen molar-refractivity contribution in [1.82, 2.24) is 4.90 Å². The van der Waals surface area contributed by atoms with Crippen molar-refractivity contribution in [1.29, 1.82) is 0 Å². The molecule has 1 saturated heterocycles. The third-order valence-corrected chi connectivity index (χ3v) is 5.19. The minimum absolute atomic E-state index is 0.0589.